The maximum absolute atomic E-state index is 12.3. The van der Waals surface area contributed by atoms with Crippen LogP contribution in [0.5, 0.6) is 0 Å². The molecule has 1 aliphatic rings. The average Bonchev–Trinajstić information content (AvgIpc) is 2.36. The SMILES string of the molecule is CCC1(C(=O)O)CCN(C(=O)CC(C)CC(C)(C)C)CC1. The zero-order valence-corrected chi connectivity index (χ0v) is 14.2. The van der Waals surface area contributed by atoms with Crippen LogP contribution in [0.4, 0.5) is 0 Å². The normalized spacial score (nSPS) is 20.1. The van der Waals surface area contributed by atoms with Crippen molar-refractivity contribution in [2.75, 3.05) is 13.1 Å². The zero-order valence-electron chi connectivity index (χ0n) is 14.2. The summed E-state index contributed by atoms with van der Waals surface area (Å²) in [5.41, 5.74) is -0.379. The van der Waals surface area contributed by atoms with Gasteiger partial charge >= 0.3 is 5.97 Å². The average molecular weight is 297 g/mol. The monoisotopic (exact) mass is 297 g/mol. The van der Waals surface area contributed by atoms with Gasteiger partial charge in [0.15, 0.2) is 0 Å². The summed E-state index contributed by atoms with van der Waals surface area (Å²) in [4.78, 5) is 25.6. The standard InChI is InChI=1S/C17H31NO3/c1-6-17(15(20)21)7-9-18(10-8-17)14(19)11-13(2)12-16(3,4)5/h13H,6-12H2,1-5H3,(H,20,21). The van der Waals surface area contributed by atoms with Gasteiger partial charge in [-0.1, -0.05) is 34.6 Å². The van der Waals surface area contributed by atoms with Gasteiger partial charge in [0.2, 0.25) is 5.91 Å². The molecule has 1 saturated heterocycles. The Bertz CT molecular complexity index is 376. The Morgan fingerprint density at radius 1 is 1.24 bits per heavy atom. The van der Waals surface area contributed by atoms with Crippen LogP contribution in [0.25, 0.3) is 0 Å². The van der Waals surface area contributed by atoms with Crippen molar-refractivity contribution in [1.82, 2.24) is 4.90 Å². The number of carbonyl (C=O) groups excluding carboxylic acids is 1. The number of piperidine rings is 1. The van der Waals surface area contributed by atoms with E-state index in [1.165, 1.54) is 0 Å². The molecular formula is C17H31NO3. The molecule has 1 fully saturated rings. The van der Waals surface area contributed by atoms with Crippen molar-refractivity contribution in [3.8, 4) is 0 Å². The van der Waals surface area contributed by atoms with Crippen LogP contribution >= 0.6 is 0 Å². The molecule has 0 aromatic carbocycles. The van der Waals surface area contributed by atoms with Crippen LogP contribution in [-0.2, 0) is 9.59 Å². The van der Waals surface area contributed by atoms with Crippen LogP contribution in [0.1, 0.15) is 66.7 Å². The fourth-order valence-electron chi connectivity index (χ4n) is 3.45. The third-order valence-electron chi connectivity index (χ3n) is 4.69. The van der Waals surface area contributed by atoms with Crippen molar-refractivity contribution in [3.63, 3.8) is 0 Å². The van der Waals surface area contributed by atoms with Crippen LogP contribution in [-0.4, -0.2) is 35.0 Å². The van der Waals surface area contributed by atoms with E-state index >= 15 is 0 Å². The van der Waals surface area contributed by atoms with E-state index in [-0.39, 0.29) is 11.3 Å². The molecule has 0 bridgehead atoms. The van der Waals surface area contributed by atoms with E-state index in [1.807, 2.05) is 11.8 Å². The summed E-state index contributed by atoms with van der Waals surface area (Å²) in [6, 6.07) is 0. The molecule has 0 spiro atoms. The maximum atomic E-state index is 12.3. The first kappa shape index (κ1) is 18.0. The van der Waals surface area contributed by atoms with Gasteiger partial charge in [-0.2, -0.15) is 0 Å². The highest BCUT2D eigenvalue weighted by Gasteiger charge is 2.40. The lowest BCUT2D eigenvalue weighted by Gasteiger charge is -2.38. The number of hydrogen-bond donors (Lipinski definition) is 1. The number of carboxylic acids is 1. The number of nitrogens with zero attached hydrogens (tertiary/aromatic N) is 1. The second-order valence-corrected chi connectivity index (χ2v) is 7.89. The molecule has 1 rings (SSSR count). The molecule has 0 aromatic heterocycles. The molecule has 0 aromatic rings. The zero-order chi connectivity index (χ0) is 16.3. The van der Waals surface area contributed by atoms with Gasteiger partial charge < -0.3 is 10.0 Å². The van der Waals surface area contributed by atoms with Gasteiger partial charge in [0.25, 0.3) is 0 Å². The molecule has 4 nitrogen and oxygen atoms in total. The first-order chi connectivity index (χ1) is 9.59. The molecule has 1 atom stereocenters. The van der Waals surface area contributed by atoms with Gasteiger partial charge in [-0.15, -0.1) is 0 Å². The van der Waals surface area contributed by atoms with Crippen molar-refractivity contribution in [3.05, 3.63) is 0 Å². The van der Waals surface area contributed by atoms with Crippen molar-refractivity contribution in [2.24, 2.45) is 16.7 Å². The van der Waals surface area contributed by atoms with Gasteiger partial charge in [0.1, 0.15) is 0 Å². The Balaban J connectivity index is 2.51. The minimum absolute atomic E-state index is 0.182. The highest BCUT2D eigenvalue weighted by atomic mass is 16.4. The van der Waals surface area contributed by atoms with Crippen LogP contribution < -0.4 is 0 Å². The lowest BCUT2D eigenvalue weighted by molar-refractivity contribution is -0.154. The second kappa shape index (κ2) is 6.80. The van der Waals surface area contributed by atoms with Crippen LogP contribution in [0.3, 0.4) is 0 Å². The summed E-state index contributed by atoms with van der Waals surface area (Å²) < 4.78 is 0. The topological polar surface area (TPSA) is 57.6 Å². The summed E-state index contributed by atoms with van der Waals surface area (Å²) in [5, 5.41) is 9.38. The summed E-state index contributed by atoms with van der Waals surface area (Å²) in [6.45, 7) is 11.8. The predicted octanol–water partition coefficient (Wildman–Crippen LogP) is 3.55. The Hall–Kier alpha value is -1.06. The van der Waals surface area contributed by atoms with Crippen LogP contribution in [0, 0.1) is 16.7 Å². The second-order valence-electron chi connectivity index (χ2n) is 7.89. The summed E-state index contributed by atoms with van der Waals surface area (Å²) in [6.07, 6.45) is 3.41. The lowest BCUT2D eigenvalue weighted by atomic mass is 9.76. The smallest absolute Gasteiger partial charge is 0.309 e. The third-order valence-corrected chi connectivity index (χ3v) is 4.69. The van der Waals surface area contributed by atoms with Crippen molar-refractivity contribution in [2.45, 2.75) is 66.7 Å². The number of likely N-dealkylation sites (tertiary alicyclic amines) is 1. The van der Waals surface area contributed by atoms with Gasteiger partial charge in [0, 0.05) is 19.5 Å². The molecule has 21 heavy (non-hydrogen) atoms. The first-order valence-electron chi connectivity index (χ1n) is 8.11. The Morgan fingerprint density at radius 2 is 1.76 bits per heavy atom. The Labute approximate surface area is 128 Å². The number of aliphatic carboxylic acids is 1. The van der Waals surface area contributed by atoms with E-state index in [1.54, 1.807) is 0 Å². The van der Waals surface area contributed by atoms with E-state index in [4.69, 9.17) is 0 Å². The Morgan fingerprint density at radius 3 is 2.14 bits per heavy atom. The van der Waals surface area contributed by atoms with Crippen molar-refractivity contribution < 1.29 is 14.7 Å². The molecule has 0 aliphatic carbocycles. The van der Waals surface area contributed by atoms with E-state index in [0.717, 1.165) is 6.42 Å². The number of hydrogen-bond acceptors (Lipinski definition) is 2. The minimum Gasteiger partial charge on any atom is -0.481 e. The highest BCUT2D eigenvalue weighted by molar-refractivity contribution is 5.78. The fourth-order valence-corrected chi connectivity index (χ4v) is 3.45. The maximum Gasteiger partial charge on any atom is 0.309 e. The molecule has 0 saturated carbocycles. The molecule has 1 N–H and O–H groups in total. The molecule has 4 heteroatoms. The van der Waals surface area contributed by atoms with Crippen molar-refractivity contribution in [1.29, 1.82) is 0 Å². The largest absolute Gasteiger partial charge is 0.481 e. The van der Waals surface area contributed by atoms with E-state index in [0.29, 0.717) is 44.7 Å². The van der Waals surface area contributed by atoms with Crippen molar-refractivity contribution >= 4 is 11.9 Å². The summed E-state index contributed by atoms with van der Waals surface area (Å²) >= 11 is 0. The lowest BCUT2D eigenvalue weighted by Crippen LogP contribution is -2.46. The van der Waals surface area contributed by atoms with Gasteiger partial charge in [-0.25, -0.2) is 0 Å². The van der Waals surface area contributed by atoms with Gasteiger partial charge in [-0.05, 0) is 37.0 Å². The highest BCUT2D eigenvalue weighted by Crippen LogP contribution is 2.35. The molecule has 0 radical (unpaired) electrons. The Kier molecular flexibility index (Phi) is 5.83. The van der Waals surface area contributed by atoms with Gasteiger partial charge in [0.05, 0.1) is 5.41 Å². The number of amides is 1. The summed E-state index contributed by atoms with van der Waals surface area (Å²) in [7, 11) is 0. The first-order valence-corrected chi connectivity index (χ1v) is 8.11. The number of carboxylic acid groups (broad SMARTS) is 1. The van der Waals surface area contributed by atoms with Crippen LogP contribution in [0.15, 0.2) is 0 Å². The quantitative estimate of drug-likeness (QED) is 0.844. The van der Waals surface area contributed by atoms with E-state index < -0.39 is 11.4 Å². The molecule has 122 valence electrons. The van der Waals surface area contributed by atoms with Gasteiger partial charge in [-0.3, -0.25) is 9.59 Å². The van der Waals surface area contributed by atoms with Crippen LogP contribution in [0.2, 0.25) is 0 Å². The third kappa shape index (κ3) is 5.01. The molecular weight excluding hydrogens is 266 g/mol. The minimum atomic E-state index is -0.710. The predicted molar refractivity (Wildman–Crippen MR) is 84.0 cm³/mol. The summed E-state index contributed by atoms with van der Waals surface area (Å²) in [5.74, 6) is -0.158. The van der Waals surface area contributed by atoms with E-state index in [2.05, 4.69) is 27.7 Å². The molecule has 1 amide bonds. The molecule has 1 heterocycles. The molecule has 1 aliphatic heterocycles. The fraction of sp³-hybridized carbons (Fsp3) is 0.882. The van der Waals surface area contributed by atoms with E-state index in [9.17, 15) is 14.7 Å². The molecule has 1 unspecified atom stereocenters. The number of carbonyl (C=O) groups is 2. The number of rotatable bonds is 5.